The number of amides is 1. The third kappa shape index (κ3) is 3.78. The van der Waals surface area contributed by atoms with E-state index in [0.29, 0.717) is 0 Å². The molecular formula is C15H12F3NOS. The van der Waals surface area contributed by atoms with E-state index in [-0.39, 0.29) is 5.69 Å². The number of carbonyl (C=O) groups excluding carboxylic acids is 1. The summed E-state index contributed by atoms with van der Waals surface area (Å²) in [6, 6.07) is 11.0. The second-order valence-corrected chi connectivity index (χ2v) is 5.70. The van der Waals surface area contributed by atoms with Gasteiger partial charge >= 0.3 is 0 Å². The van der Waals surface area contributed by atoms with Gasteiger partial charge in [0.1, 0.15) is 0 Å². The lowest BCUT2D eigenvalue weighted by Crippen LogP contribution is -2.23. The van der Waals surface area contributed by atoms with E-state index in [4.69, 9.17) is 0 Å². The standard InChI is InChI=1S/C15H12F3NOS/c1-9(21-10-5-3-2-4-6-10)15(20)19-12-8-7-11(16)13(17)14(12)18/h2-9H,1H3,(H,19,20). The Morgan fingerprint density at radius 2 is 1.71 bits per heavy atom. The minimum absolute atomic E-state index is 0.376. The van der Waals surface area contributed by atoms with Crippen molar-refractivity contribution in [3.63, 3.8) is 0 Å². The first-order valence-corrected chi connectivity index (χ1v) is 7.03. The Labute approximate surface area is 124 Å². The fraction of sp³-hybridized carbons (Fsp3) is 0.133. The molecule has 0 saturated heterocycles. The number of nitrogens with one attached hydrogen (secondary N) is 1. The van der Waals surface area contributed by atoms with Crippen molar-refractivity contribution in [2.75, 3.05) is 5.32 Å². The Kier molecular flexibility index (Phi) is 4.90. The van der Waals surface area contributed by atoms with Gasteiger partial charge in [-0.1, -0.05) is 18.2 Å². The lowest BCUT2D eigenvalue weighted by molar-refractivity contribution is -0.115. The molecule has 21 heavy (non-hydrogen) atoms. The number of halogens is 3. The largest absolute Gasteiger partial charge is 0.323 e. The van der Waals surface area contributed by atoms with Crippen LogP contribution in [0.2, 0.25) is 0 Å². The fourth-order valence-electron chi connectivity index (χ4n) is 1.61. The number of hydrogen-bond acceptors (Lipinski definition) is 2. The van der Waals surface area contributed by atoms with E-state index in [1.807, 2.05) is 30.3 Å². The quantitative estimate of drug-likeness (QED) is 0.676. The molecule has 0 aromatic heterocycles. The van der Waals surface area contributed by atoms with Crippen LogP contribution in [0, 0.1) is 17.5 Å². The van der Waals surface area contributed by atoms with Gasteiger partial charge in [-0.05, 0) is 31.2 Å². The van der Waals surface area contributed by atoms with Crippen molar-refractivity contribution in [1.82, 2.24) is 0 Å². The zero-order chi connectivity index (χ0) is 15.4. The molecule has 0 saturated carbocycles. The molecule has 6 heteroatoms. The number of carbonyl (C=O) groups is 1. The van der Waals surface area contributed by atoms with Crippen molar-refractivity contribution < 1.29 is 18.0 Å². The maximum atomic E-state index is 13.5. The summed E-state index contributed by atoms with van der Waals surface area (Å²) in [5.74, 6) is -4.79. The van der Waals surface area contributed by atoms with Crippen LogP contribution in [0.25, 0.3) is 0 Å². The van der Waals surface area contributed by atoms with Gasteiger partial charge in [0.15, 0.2) is 17.5 Å². The second kappa shape index (κ2) is 6.67. The van der Waals surface area contributed by atoms with E-state index in [9.17, 15) is 18.0 Å². The van der Waals surface area contributed by atoms with Crippen molar-refractivity contribution in [2.45, 2.75) is 17.1 Å². The van der Waals surface area contributed by atoms with Crippen LogP contribution in [0.4, 0.5) is 18.9 Å². The fourth-order valence-corrected chi connectivity index (χ4v) is 2.50. The van der Waals surface area contributed by atoms with Gasteiger partial charge in [-0.15, -0.1) is 11.8 Å². The Bertz CT molecular complexity index is 649. The molecule has 2 nitrogen and oxygen atoms in total. The van der Waals surface area contributed by atoms with Gasteiger partial charge in [-0.2, -0.15) is 0 Å². The molecule has 1 unspecified atom stereocenters. The highest BCUT2D eigenvalue weighted by molar-refractivity contribution is 8.00. The highest BCUT2D eigenvalue weighted by Crippen LogP contribution is 2.25. The van der Waals surface area contributed by atoms with Gasteiger partial charge in [0.05, 0.1) is 10.9 Å². The molecule has 0 bridgehead atoms. The molecule has 0 radical (unpaired) electrons. The highest BCUT2D eigenvalue weighted by atomic mass is 32.2. The van der Waals surface area contributed by atoms with Crippen LogP contribution in [0.15, 0.2) is 47.4 Å². The molecule has 0 aliphatic rings. The van der Waals surface area contributed by atoms with Crippen LogP contribution in [0.5, 0.6) is 0 Å². The molecule has 2 aromatic carbocycles. The molecule has 1 N–H and O–H groups in total. The average Bonchev–Trinajstić information content (AvgIpc) is 2.48. The summed E-state index contributed by atoms with van der Waals surface area (Å²) in [7, 11) is 0. The van der Waals surface area contributed by atoms with E-state index >= 15 is 0 Å². The summed E-state index contributed by atoms with van der Waals surface area (Å²) >= 11 is 1.28. The van der Waals surface area contributed by atoms with Gasteiger partial charge in [0.2, 0.25) is 5.91 Å². The summed E-state index contributed by atoms with van der Waals surface area (Å²) in [5.41, 5.74) is -0.376. The topological polar surface area (TPSA) is 29.1 Å². The minimum atomic E-state index is -1.60. The third-order valence-corrected chi connectivity index (χ3v) is 3.83. The predicted molar refractivity (Wildman–Crippen MR) is 76.7 cm³/mol. The molecular weight excluding hydrogens is 299 g/mol. The average molecular weight is 311 g/mol. The number of rotatable bonds is 4. The summed E-state index contributed by atoms with van der Waals surface area (Å²) in [6.45, 7) is 1.64. The molecule has 0 heterocycles. The molecule has 2 rings (SSSR count). The first kappa shape index (κ1) is 15.4. The van der Waals surface area contributed by atoms with E-state index < -0.39 is 28.6 Å². The summed E-state index contributed by atoms with van der Waals surface area (Å²) in [4.78, 5) is 12.8. The van der Waals surface area contributed by atoms with E-state index in [1.165, 1.54) is 11.8 Å². The Hall–Kier alpha value is -1.95. The van der Waals surface area contributed by atoms with Gasteiger partial charge in [-0.25, -0.2) is 13.2 Å². The van der Waals surface area contributed by atoms with Crippen LogP contribution in [-0.2, 0) is 4.79 Å². The number of thioether (sulfide) groups is 1. The summed E-state index contributed by atoms with van der Waals surface area (Å²) in [5, 5.41) is 1.74. The Morgan fingerprint density at radius 3 is 2.38 bits per heavy atom. The first-order chi connectivity index (χ1) is 9.99. The van der Waals surface area contributed by atoms with Crippen molar-refractivity contribution in [2.24, 2.45) is 0 Å². The molecule has 1 amide bonds. The number of benzene rings is 2. The molecule has 0 aliphatic carbocycles. The molecule has 1 atom stereocenters. The van der Waals surface area contributed by atoms with Gasteiger partial charge in [0.25, 0.3) is 0 Å². The second-order valence-electron chi connectivity index (χ2n) is 4.29. The maximum Gasteiger partial charge on any atom is 0.237 e. The lowest BCUT2D eigenvalue weighted by Gasteiger charge is -2.12. The van der Waals surface area contributed by atoms with Crippen LogP contribution in [-0.4, -0.2) is 11.2 Å². The zero-order valence-electron chi connectivity index (χ0n) is 11.1. The number of anilines is 1. The van der Waals surface area contributed by atoms with E-state index in [2.05, 4.69) is 5.32 Å². The van der Waals surface area contributed by atoms with E-state index in [1.54, 1.807) is 6.92 Å². The molecule has 0 aliphatic heterocycles. The van der Waals surface area contributed by atoms with Crippen molar-refractivity contribution in [1.29, 1.82) is 0 Å². The zero-order valence-corrected chi connectivity index (χ0v) is 11.9. The van der Waals surface area contributed by atoms with Crippen LogP contribution < -0.4 is 5.32 Å². The van der Waals surface area contributed by atoms with E-state index in [0.717, 1.165) is 17.0 Å². The summed E-state index contributed by atoms with van der Waals surface area (Å²) in [6.07, 6.45) is 0. The van der Waals surface area contributed by atoms with Gasteiger partial charge < -0.3 is 5.32 Å². The van der Waals surface area contributed by atoms with Crippen molar-refractivity contribution >= 4 is 23.4 Å². The maximum absolute atomic E-state index is 13.5. The highest BCUT2D eigenvalue weighted by Gasteiger charge is 2.19. The predicted octanol–water partition coefficient (Wildman–Crippen LogP) is 4.22. The Balaban J connectivity index is 2.06. The monoisotopic (exact) mass is 311 g/mol. The SMILES string of the molecule is CC(Sc1ccccc1)C(=O)Nc1ccc(F)c(F)c1F. The minimum Gasteiger partial charge on any atom is -0.323 e. The normalized spacial score (nSPS) is 12.0. The first-order valence-electron chi connectivity index (χ1n) is 6.15. The summed E-state index contributed by atoms with van der Waals surface area (Å²) < 4.78 is 39.4. The van der Waals surface area contributed by atoms with Crippen LogP contribution in [0.3, 0.4) is 0 Å². The van der Waals surface area contributed by atoms with Gasteiger partial charge in [-0.3, -0.25) is 4.79 Å². The molecule has 0 fully saturated rings. The molecule has 0 spiro atoms. The van der Waals surface area contributed by atoms with Gasteiger partial charge in [0, 0.05) is 4.90 Å². The van der Waals surface area contributed by atoms with Crippen LogP contribution in [0.1, 0.15) is 6.92 Å². The lowest BCUT2D eigenvalue weighted by atomic mass is 10.2. The van der Waals surface area contributed by atoms with Crippen LogP contribution >= 0.6 is 11.8 Å². The van der Waals surface area contributed by atoms with Crippen molar-refractivity contribution in [3.05, 3.63) is 59.9 Å². The van der Waals surface area contributed by atoms with Crippen molar-refractivity contribution in [3.8, 4) is 0 Å². The third-order valence-electron chi connectivity index (χ3n) is 2.72. The molecule has 2 aromatic rings. The Morgan fingerprint density at radius 1 is 1.05 bits per heavy atom. The molecule has 110 valence electrons. The smallest absolute Gasteiger partial charge is 0.237 e. The number of hydrogen-bond donors (Lipinski definition) is 1.